The average Bonchev–Trinajstić information content (AvgIpc) is 2.49. The van der Waals surface area contributed by atoms with Gasteiger partial charge < -0.3 is 4.52 Å². The van der Waals surface area contributed by atoms with Gasteiger partial charge in [0.25, 0.3) is 0 Å². The maximum Gasteiger partial charge on any atom is 0.211 e. The van der Waals surface area contributed by atoms with Crippen LogP contribution in [0.4, 0.5) is 0 Å². The van der Waals surface area contributed by atoms with Crippen LogP contribution in [0.25, 0.3) is 0 Å². The molecule has 5 nitrogen and oxygen atoms in total. The minimum atomic E-state index is -3.10. The van der Waals surface area contributed by atoms with Gasteiger partial charge in [0.2, 0.25) is 10.0 Å². The van der Waals surface area contributed by atoms with Crippen LogP contribution in [0.2, 0.25) is 0 Å². The predicted octanol–water partition coefficient (Wildman–Crippen LogP) is 0.773. The van der Waals surface area contributed by atoms with E-state index in [1.807, 2.05) is 13.8 Å². The van der Waals surface area contributed by atoms with Crippen molar-refractivity contribution in [3.05, 3.63) is 17.0 Å². The molecule has 0 radical (unpaired) electrons. The Hall–Kier alpha value is -0.880. The topological polar surface area (TPSA) is 72.2 Å². The molecule has 0 atom stereocenters. The predicted molar refractivity (Wildman–Crippen MR) is 57.1 cm³/mol. The molecule has 1 N–H and O–H groups in total. The van der Waals surface area contributed by atoms with Gasteiger partial charge in [-0.25, -0.2) is 13.1 Å². The van der Waals surface area contributed by atoms with Crippen LogP contribution >= 0.6 is 0 Å². The van der Waals surface area contributed by atoms with Crippen LogP contribution < -0.4 is 4.72 Å². The number of aryl methyl sites for hydroxylation is 2. The summed E-state index contributed by atoms with van der Waals surface area (Å²) in [5.74, 6) is 0.859. The zero-order chi connectivity index (χ0) is 11.5. The van der Waals surface area contributed by atoms with Gasteiger partial charge in [0, 0.05) is 12.1 Å². The first-order valence-corrected chi connectivity index (χ1v) is 6.50. The number of aromatic nitrogens is 1. The van der Waals surface area contributed by atoms with Crippen LogP contribution in [0, 0.1) is 13.8 Å². The van der Waals surface area contributed by atoms with Crippen molar-refractivity contribution < 1.29 is 12.9 Å². The molecule has 0 aliphatic rings. The summed E-state index contributed by atoms with van der Waals surface area (Å²) < 4.78 is 29.8. The van der Waals surface area contributed by atoms with Gasteiger partial charge in [-0.05, 0) is 27.2 Å². The fourth-order valence-electron chi connectivity index (χ4n) is 1.29. The first-order chi connectivity index (χ1) is 6.96. The van der Waals surface area contributed by atoms with Crippen LogP contribution in [0.1, 0.15) is 23.9 Å². The van der Waals surface area contributed by atoms with Gasteiger partial charge in [0.15, 0.2) is 0 Å². The molecule has 6 heteroatoms. The summed E-state index contributed by atoms with van der Waals surface area (Å²) in [4.78, 5) is 0. The van der Waals surface area contributed by atoms with Gasteiger partial charge in [0.1, 0.15) is 5.76 Å². The van der Waals surface area contributed by atoms with Crippen molar-refractivity contribution in [2.75, 3.05) is 12.3 Å². The van der Waals surface area contributed by atoms with Crippen LogP contribution in [-0.2, 0) is 16.4 Å². The maximum absolute atomic E-state index is 11.1. The number of hydrogen-bond donors (Lipinski definition) is 1. The summed E-state index contributed by atoms with van der Waals surface area (Å²) in [6, 6.07) is 0. The van der Waals surface area contributed by atoms with E-state index in [-0.39, 0.29) is 5.75 Å². The van der Waals surface area contributed by atoms with Gasteiger partial charge in [-0.1, -0.05) is 5.16 Å². The fraction of sp³-hybridized carbons (Fsp3) is 0.667. The number of nitrogens with zero attached hydrogens (tertiary/aromatic N) is 1. The molecule has 0 unspecified atom stereocenters. The second kappa shape index (κ2) is 4.76. The lowest BCUT2D eigenvalue weighted by molar-refractivity contribution is 0.392. The van der Waals surface area contributed by atoms with E-state index in [0.29, 0.717) is 13.0 Å². The molecule has 15 heavy (non-hydrogen) atoms. The molecule has 0 aromatic carbocycles. The molecular weight excluding hydrogens is 216 g/mol. The lowest BCUT2D eigenvalue weighted by Crippen LogP contribution is -2.27. The van der Waals surface area contributed by atoms with Gasteiger partial charge in [0.05, 0.1) is 11.4 Å². The lowest BCUT2D eigenvalue weighted by atomic mass is 10.1. The minimum absolute atomic E-state index is 0.106. The number of hydrogen-bond acceptors (Lipinski definition) is 4. The summed E-state index contributed by atoms with van der Waals surface area (Å²) in [5, 5.41) is 3.80. The largest absolute Gasteiger partial charge is 0.361 e. The van der Waals surface area contributed by atoms with Gasteiger partial charge in [-0.3, -0.25) is 0 Å². The second-order valence-electron chi connectivity index (χ2n) is 3.35. The van der Waals surface area contributed by atoms with Crippen molar-refractivity contribution in [1.29, 1.82) is 0 Å². The van der Waals surface area contributed by atoms with E-state index in [1.165, 1.54) is 0 Å². The standard InChI is InChI=1S/C9H16N2O3S/c1-4-15(12,13)10-6-5-9-7(2)11-14-8(9)3/h10H,4-6H2,1-3H3. The van der Waals surface area contributed by atoms with Crippen molar-refractivity contribution in [3.63, 3.8) is 0 Å². The van der Waals surface area contributed by atoms with Crippen molar-refractivity contribution >= 4 is 10.0 Å². The lowest BCUT2D eigenvalue weighted by Gasteiger charge is -2.03. The summed E-state index contributed by atoms with van der Waals surface area (Å²) in [5.41, 5.74) is 1.80. The van der Waals surface area contributed by atoms with Crippen LogP contribution in [-0.4, -0.2) is 25.9 Å². The first-order valence-electron chi connectivity index (χ1n) is 4.85. The average molecular weight is 232 g/mol. The van der Waals surface area contributed by atoms with Crippen molar-refractivity contribution in [2.45, 2.75) is 27.2 Å². The zero-order valence-corrected chi connectivity index (χ0v) is 10.0. The Morgan fingerprint density at radius 2 is 2.07 bits per heavy atom. The highest BCUT2D eigenvalue weighted by molar-refractivity contribution is 7.89. The Kier molecular flexibility index (Phi) is 3.87. The molecule has 1 rings (SSSR count). The van der Waals surface area contributed by atoms with Gasteiger partial charge in [-0.2, -0.15) is 0 Å². The molecule has 86 valence electrons. The van der Waals surface area contributed by atoms with Crippen molar-refractivity contribution in [1.82, 2.24) is 9.88 Å². The second-order valence-corrected chi connectivity index (χ2v) is 5.45. The smallest absolute Gasteiger partial charge is 0.211 e. The third kappa shape index (κ3) is 3.32. The molecule has 0 aliphatic heterocycles. The highest BCUT2D eigenvalue weighted by Gasteiger charge is 2.10. The first kappa shape index (κ1) is 12.2. The molecule has 1 aromatic heterocycles. The number of nitrogens with one attached hydrogen (secondary N) is 1. The Morgan fingerprint density at radius 3 is 2.53 bits per heavy atom. The Balaban J connectivity index is 2.52. The number of rotatable bonds is 5. The quantitative estimate of drug-likeness (QED) is 0.814. The molecule has 0 aliphatic carbocycles. The van der Waals surface area contributed by atoms with Crippen molar-refractivity contribution in [3.8, 4) is 0 Å². The SMILES string of the molecule is CCS(=O)(=O)NCCc1c(C)noc1C. The molecule has 0 spiro atoms. The monoisotopic (exact) mass is 232 g/mol. The van der Waals surface area contributed by atoms with E-state index in [4.69, 9.17) is 4.52 Å². The summed E-state index contributed by atoms with van der Waals surface area (Å²) in [6.07, 6.45) is 0.612. The molecule has 0 amide bonds. The fourth-order valence-corrected chi connectivity index (χ4v) is 1.91. The normalized spacial score (nSPS) is 11.9. The van der Waals surface area contributed by atoms with E-state index >= 15 is 0 Å². The van der Waals surface area contributed by atoms with Crippen LogP contribution in [0.15, 0.2) is 4.52 Å². The summed E-state index contributed by atoms with van der Waals surface area (Å²) in [7, 11) is -3.10. The Bertz CT molecular complexity index is 403. The molecule has 0 saturated carbocycles. The molecule has 0 bridgehead atoms. The highest BCUT2D eigenvalue weighted by Crippen LogP contribution is 2.12. The third-order valence-electron chi connectivity index (χ3n) is 2.26. The van der Waals surface area contributed by atoms with Gasteiger partial charge >= 0.3 is 0 Å². The Labute approximate surface area is 89.9 Å². The van der Waals surface area contributed by atoms with Crippen LogP contribution in [0.3, 0.4) is 0 Å². The maximum atomic E-state index is 11.1. The molecule has 1 heterocycles. The van der Waals surface area contributed by atoms with E-state index in [1.54, 1.807) is 6.92 Å². The summed E-state index contributed by atoms with van der Waals surface area (Å²) >= 11 is 0. The van der Waals surface area contributed by atoms with Gasteiger partial charge in [-0.15, -0.1) is 0 Å². The molecule has 0 saturated heterocycles. The zero-order valence-electron chi connectivity index (χ0n) is 9.20. The molecule has 1 aromatic rings. The highest BCUT2D eigenvalue weighted by atomic mass is 32.2. The van der Waals surface area contributed by atoms with E-state index in [9.17, 15) is 8.42 Å². The molecule has 0 fully saturated rings. The van der Waals surface area contributed by atoms with Crippen LogP contribution in [0.5, 0.6) is 0 Å². The van der Waals surface area contributed by atoms with E-state index < -0.39 is 10.0 Å². The summed E-state index contributed by atoms with van der Waals surface area (Å²) in [6.45, 7) is 5.67. The Morgan fingerprint density at radius 1 is 1.40 bits per heavy atom. The third-order valence-corrected chi connectivity index (χ3v) is 3.66. The number of sulfonamides is 1. The van der Waals surface area contributed by atoms with Crippen molar-refractivity contribution in [2.24, 2.45) is 0 Å². The van der Waals surface area contributed by atoms with E-state index in [2.05, 4.69) is 9.88 Å². The minimum Gasteiger partial charge on any atom is -0.361 e. The molecular formula is C9H16N2O3S. The van der Waals surface area contributed by atoms with E-state index in [0.717, 1.165) is 17.0 Å².